The van der Waals surface area contributed by atoms with Crippen LogP contribution in [0.25, 0.3) is 10.9 Å². The Morgan fingerprint density at radius 2 is 1.63 bits per heavy atom. The summed E-state index contributed by atoms with van der Waals surface area (Å²) in [7, 11) is 0. The standard InChI is InChI=1S/C28H20ClF6NO5/c1-15-24(25(37)17-5-7-18(29)8-6-17)21-10-9-20(41-28(33,34)35)12-22(21)36(15)14-16-3-2-4-19(11-16)40-23(26(38)39)13-27(30,31)32/h2-12,23H,13-14H2,1H3,(H,38,39). The summed E-state index contributed by atoms with van der Waals surface area (Å²) in [6, 6.07) is 15.2. The highest BCUT2D eigenvalue weighted by Gasteiger charge is 2.37. The minimum absolute atomic E-state index is 0.0556. The number of alkyl halides is 6. The second-order valence-electron chi connectivity index (χ2n) is 9.02. The van der Waals surface area contributed by atoms with E-state index in [1.165, 1.54) is 48.5 Å². The molecule has 1 N–H and O–H groups in total. The van der Waals surface area contributed by atoms with Crippen LogP contribution >= 0.6 is 11.6 Å². The highest BCUT2D eigenvalue weighted by atomic mass is 35.5. The van der Waals surface area contributed by atoms with E-state index < -0.39 is 42.6 Å². The molecule has 3 aromatic carbocycles. The Hall–Kier alpha value is -4.19. The van der Waals surface area contributed by atoms with Crippen LogP contribution in [0.4, 0.5) is 26.3 Å². The Morgan fingerprint density at radius 3 is 2.24 bits per heavy atom. The van der Waals surface area contributed by atoms with Crippen LogP contribution in [0, 0.1) is 6.92 Å². The van der Waals surface area contributed by atoms with Gasteiger partial charge in [-0.3, -0.25) is 4.79 Å². The second kappa shape index (κ2) is 11.4. The van der Waals surface area contributed by atoms with Gasteiger partial charge in [0.1, 0.15) is 11.5 Å². The number of nitrogens with zero attached hydrogens (tertiary/aromatic N) is 1. The van der Waals surface area contributed by atoms with Crippen LogP contribution in [-0.2, 0) is 11.3 Å². The van der Waals surface area contributed by atoms with Crippen molar-refractivity contribution in [3.63, 3.8) is 0 Å². The summed E-state index contributed by atoms with van der Waals surface area (Å²) in [6.07, 6.45) is -13.7. The minimum Gasteiger partial charge on any atom is -0.479 e. The Kier molecular flexibility index (Phi) is 8.25. The summed E-state index contributed by atoms with van der Waals surface area (Å²) in [5.74, 6) is -2.90. The van der Waals surface area contributed by atoms with Gasteiger partial charge in [0.05, 0.1) is 17.5 Å². The fourth-order valence-electron chi connectivity index (χ4n) is 4.34. The molecule has 216 valence electrons. The molecular weight excluding hydrogens is 580 g/mol. The normalized spacial score (nSPS) is 12.8. The Balaban J connectivity index is 1.77. The number of ketones is 1. The number of carboxylic acids is 1. The number of ether oxygens (including phenoxy) is 2. The van der Waals surface area contributed by atoms with E-state index >= 15 is 0 Å². The molecule has 0 aliphatic rings. The SMILES string of the molecule is Cc1c(C(=O)c2ccc(Cl)cc2)c2ccc(OC(F)(F)F)cc2n1Cc1cccc(OC(CC(F)(F)F)C(=O)O)c1. The lowest BCUT2D eigenvalue weighted by atomic mass is 10.0. The fourth-order valence-corrected chi connectivity index (χ4v) is 4.47. The smallest absolute Gasteiger partial charge is 0.479 e. The highest BCUT2D eigenvalue weighted by Crippen LogP contribution is 2.34. The van der Waals surface area contributed by atoms with E-state index in [0.717, 1.165) is 12.1 Å². The summed E-state index contributed by atoms with van der Waals surface area (Å²) < 4.78 is 88.0. The van der Waals surface area contributed by atoms with Crippen molar-refractivity contribution in [3.05, 3.63) is 94.1 Å². The number of aliphatic carboxylic acids is 1. The summed E-state index contributed by atoms with van der Waals surface area (Å²) in [6.45, 7) is 1.54. The first-order valence-electron chi connectivity index (χ1n) is 11.9. The van der Waals surface area contributed by atoms with E-state index in [1.807, 2.05) is 0 Å². The molecule has 6 nitrogen and oxygen atoms in total. The Bertz CT molecular complexity index is 1590. The molecule has 0 amide bonds. The topological polar surface area (TPSA) is 77.8 Å². The zero-order valence-electron chi connectivity index (χ0n) is 21.0. The number of hydrogen-bond acceptors (Lipinski definition) is 4. The first kappa shape index (κ1) is 29.8. The largest absolute Gasteiger partial charge is 0.573 e. The molecule has 0 aliphatic heterocycles. The maximum Gasteiger partial charge on any atom is 0.573 e. The van der Waals surface area contributed by atoms with Gasteiger partial charge in [0.2, 0.25) is 6.10 Å². The molecule has 41 heavy (non-hydrogen) atoms. The van der Waals surface area contributed by atoms with Gasteiger partial charge in [-0.1, -0.05) is 23.7 Å². The van der Waals surface area contributed by atoms with Crippen molar-refractivity contribution in [3.8, 4) is 11.5 Å². The minimum atomic E-state index is -4.97. The lowest BCUT2D eigenvalue weighted by Crippen LogP contribution is -2.32. The number of fused-ring (bicyclic) bond motifs is 1. The third kappa shape index (κ3) is 7.31. The number of rotatable bonds is 9. The molecule has 4 rings (SSSR count). The monoisotopic (exact) mass is 599 g/mol. The van der Waals surface area contributed by atoms with Gasteiger partial charge in [0.15, 0.2) is 5.78 Å². The summed E-state index contributed by atoms with van der Waals surface area (Å²) in [4.78, 5) is 24.8. The molecule has 4 aromatic rings. The van der Waals surface area contributed by atoms with Crippen LogP contribution in [0.5, 0.6) is 11.5 Å². The van der Waals surface area contributed by atoms with Crippen LogP contribution in [-0.4, -0.2) is 40.1 Å². The molecule has 1 atom stereocenters. The fraction of sp³-hybridized carbons (Fsp3) is 0.214. The lowest BCUT2D eigenvalue weighted by Gasteiger charge is -2.17. The number of aromatic nitrogens is 1. The van der Waals surface area contributed by atoms with Crippen LogP contribution in [0.3, 0.4) is 0 Å². The van der Waals surface area contributed by atoms with Crippen molar-refractivity contribution in [2.24, 2.45) is 0 Å². The van der Waals surface area contributed by atoms with Gasteiger partial charge in [0.25, 0.3) is 0 Å². The Morgan fingerprint density at radius 1 is 0.951 bits per heavy atom. The van der Waals surface area contributed by atoms with Gasteiger partial charge in [-0.2, -0.15) is 13.2 Å². The number of carbonyl (C=O) groups excluding carboxylic acids is 1. The first-order chi connectivity index (χ1) is 19.1. The first-order valence-corrected chi connectivity index (χ1v) is 12.2. The van der Waals surface area contributed by atoms with E-state index in [0.29, 0.717) is 21.7 Å². The molecule has 0 spiro atoms. The summed E-state index contributed by atoms with van der Waals surface area (Å²) >= 11 is 5.93. The predicted octanol–water partition coefficient (Wildman–Crippen LogP) is 7.57. The predicted molar refractivity (Wildman–Crippen MR) is 137 cm³/mol. The zero-order chi connectivity index (χ0) is 30.1. The van der Waals surface area contributed by atoms with Gasteiger partial charge >= 0.3 is 18.5 Å². The number of hydrogen-bond donors (Lipinski definition) is 1. The molecule has 0 saturated heterocycles. The van der Waals surface area contributed by atoms with Gasteiger partial charge in [-0.05, 0) is 61.0 Å². The average Bonchev–Trinajstić information content (AvgIpc) is 3.12. The van der Waals surface area contributed by atoms with E-state index in [2.05, 4.69) is 4.74 Å². The van der Waals surface area contributed by atoms with Gasteiger partial charge in [-0.15, -0.1) is 13.2 Å². The van der Waals surface area contributed by atoms with Gasteiger partial charge < -0.3 is 19.1 Å². The maximum absolute atomic E-state index is 13.5. The second-order valence-corrected chi connectivity index (χ2v) is 9.46. The molecule has 0 aliphatic carbocycles. The van der Waals surface area contributed by atoms with Gasteiger partial charge in [0, 0.05) is 34.3 Å². The maximum atomic E-state index is 13.5. The molecule has 1 aromatic heterocycles. The van der Waals surface area contributed by atoms with E-state index in [-0.39, 0.29) is 28.9 Å². The van der Waals surface area contributed by atoms with E-state index in [1.54, 1.807) is 17.6 Å². The van der Waals surface area contributed by atoms with Crippen molar-refractivity contribution >= 4 is 34.3 Å². The van der Waals surface area contributed by atoms with Crippen LogP contribution in [0.15, 0.2) is 66.7 Å². The van der Waals surface area contributed by atoms with Crippen molar-refractivity contribution in [1.29, 1.82) is 0 Å². The number of carbonyl (C=O) groups is 2. The summed E-state index contributed by atoms with van der Waals surface area (Å²) in [5.41, 5.74) is 1.51. The van der Waals surface area contributed by atoms with Crippen LogP contribution in [0.1, 0.15) is 33.6 Å². The van der Waals surface area contributed by atoms with E-state index in [9.17, 15) is 35.9 Å². The third-order valence-electron chi connectivity index (χ3n) is 6.07. The van der Waals surface area contributed by atoms with Crippen LogP contribution < -0.4 is 9.47 Å². The number of halogens is 7. The zero-order valence-corrected chi connectivity index (χ0v) is 21.8. The Labute approximate surface area is 233 Å². The third-order valence-corrected chi connectivity index (χ3v) is 6.32. The molecule has 13 heteroatoms. The molecule has 0 radical (unpaired) electrons. The van der Waals surface area contributed by atoms with Crippen LogP contribution in [0.2, 0.25) is 5.02 Å². The summed E-state index contributed by atoms with van der Waals surface area (Å²) in [5, 5.41) is 9.90. The molecule has 0 bridgehead atoms. The van der Waals surface area contributed by atoms with E-state index in [4.69, 9.17) is 21.4 Å². The molecule has 0 fully saturated rings. The molecule has 0 saturated carbocycles. The van der Waals surface area contributed by atoms with Crippen molar-refractivity contribution in [2.75, 3.05) is 0 Å². The highest BCUT2D eigenvalue weighted by molar-refractivity contribution is 6.30. The quantitative estimate of drug-likeness (QED) is 0.159. The van der Waals surface area contributed by atoms with Gasteiger partial charge in [-0.25, -0.2) is 4.79 Å². The number of benzene rings is 3. The van der Waals surface area contributed by atoms with Crippen molar-refractivity contribution < 1.29 is 50.5 Å². The molecular formula is C28H20ClF6NO5. The average molecular weight is 600 g/mol. The van der Waals surface area contributed by atoms with Crippen molar-refractivity contribution in [2.45, 2.75) is 38.5 Å². The molecule has 1 unspecified atom stereocenters. The lowest BCUT2D eigenvalue weighted by molar-refractivity contribution is -0.274. The van der Waals surface area contributed by atoms with Crippen molar-refractivity contribution in [1.82, 2.24) is 4.57 Å². The number of carboxylic acid groups (broad SMARTS) is 1. The molecule has 1 heterocycles.